The van der Waals surface area contributed by atoms with Gasteiger partial charge in [0.2, 0.25) is 5.91 Å². The van der Waals surface area contributed by atoms with Crippen LogP contribution in [0.1, 0.15) is 12.5 Å². The molecule has 0 aliphatic carbocycles. The smallest absolute Gasteiger partial charge is 0.328 e. The minimum atomic E-state index is -1.08. The first-order valence-corrected chi connectivity index (χ1v) is 6.69. The highest BCUT2D eigenvalue weighted by Gasteiger charge is 2.22. The van der Waals surface area contributed by atoms with E-state index in [0.717, 1.165) is 6.08 Å². The molecule has 21 heavy (non-hydrogen) atoms. The lowest BCUT2D eigenvalue weighted by atomic mass is 10.1. The number of carboxylic acid groups (broad SMARTS) is 1. The van der Waals surface area contributed by atoms with Crippen LogP contribution >= 0.6 is 0 Å². The topological polar surface area (TPSA) is 60.9 Å². The summed E-state index contributed by atoms with van der Waals surface area (Å²) in [6.07, 6.45) is 2.38. The van der Waals surface area contributed by atoms with Crippen LogP contribution in [0.3, 0.4) is 0 Å². The van der Waals surface area contributed by atoms with Crippen molar-refractivity contribution in [3.63, 3.8) is 0 Å². The number of para-hydroxylation sites is 1. The maximum Gasteiger partial charge on any atom is 0.328 e. The number of benzene rings is 1. The average molecular weight is 292 g/mol. The Morgan fingerprint density at radius 3 is 2.48 bits per heavy atom. The van der Waals surface area contributed by atoms with Gasteiger partial charge in [0.25, 0.3) is 0 Å². The molecule has 1 aliphatic heterocycles. The summed E-state index contributed by atoms with van der Waals surface area (Å²) in [7, 11) is 0. The second kappa shape index (κ2) is 6.39. The minimum absolute atomic E-state index is 0.00850. The zero-order valence-corrected chi connectivity index (χ0v) is 11.8. The Bertz CT molecular complexity index is 578. The second-order valence-electron chi connectivity index (χ2n) is 4.84. The number of piperazine rings is 1. The van der Waals surface area contributed by atoms with Crippen LogP contribution in [0.2, 0.25) is 0 Å². The summed E-state index contributed by atoms with van der Waals surface area (Å²) >= 11 is 0. The number of aliphatic carboxylic acids is 1. The highest BCUT2D eigenvalue weighted by molar-refractivity contribution is 5.87. The number of rotatable bonds is 3. The van der Waals surface area contributed by atoms with E-state index in [1.807, 2.05) is 4.90 Å². The summed E-state index contributed by atoms with van der Waals surface area (Å²) in [4.78, 5) is 25.5. The number of carbonyl (C=O) groups excluding carboxylic acids is 1. The fourth-order valence-corrected chi connectivity index (χ4v) is 2.41. The maximum absolute atomic E-state index is 14.1. The van der Waals surface area contributed by atoms with Crippen LogP contribution in [0, 0.1) is 5.82 Å². The van der Waals surface area contributed by atoms with Gasteiger partial charge in [-0.2, -0.15) is 0 Å². The minimum Gasteiger partial charge on any atom is -0.478 e. The van der Waals surface area contributed by atoms with Crippen molar-refractivity contribution < 1.29 is 19.1 Å². The van der Waals surface area contributed by atoms with Crippen LogP contribution in [0.15, 0.2) is 24.3 Å². The zero-order valence-electron chi connectivity index (χ0n) is 11.8. The molecule has 1 heterocycles. The van der Waals surface area contributed by atoms with Gasteiger partial charge in [-0.25, -0.2) is 9.18 Å². The fourth-order valence-electron chi connectivity index (χ4n) is 2.41. The molecule has 5 nitrogen and oxygen atoms in total. The lowest BCUT2D eigenvalue weighted by molar-refractivity contribution is -0.131. The Balaban J connectivity index is 2.23. The lowest BCUT2D eigenvalue weighted by Gasteiger charge is -2.36. The number of nitrogens with zero attached hydrogens (tertiary/aromatic N) is 2. The molecule has 112 valence electrons. The van der Waals surface area contributed by atoms with E-state index in [0.29, 0.717) is 37.4 Å². The summed E-state index contributed by atoms with van der Waals surface area (Å²) in [6, 6.07) is 4.58. The van der Waals surface area contributed by atoms with Crippen molar-refractivity contribution in [2.75, 3.05) is 31.1 Å². The van der Waals surface area contributed by atoms with E-state index < -0.39 is 5.97 Å². The van der Waals surface area contributed by atoms with Crippen molar-refractivity contribution in [1.82, 2.24) is 4.90 Å². The first-order valence-electron chi connectivity index (χ1n) is 6.69. The van der Waals surface area contributed by atoms with Crippen molar-refractivity contribution in [2.45, 2.75) is 6.92 Å². The van der Waals surface area contributed by atoms with Gasteiger partial charge in [0.1, 0.15) is 5.82 Å². The molecule has 1 fully saturated rings. The molecule has 0 aromatic heterocycles. The third-order valence-electron chi connectivity index (χ3n) is 3.46. The predicted octanol–water partition coefficient (Wildman–Crippen LogP) is 1.59. The third-order valence-corrected chi connectivity index (χ3v) is 3.46. The van der Waals surface area contributed by atoms with Crippen LogP contribution in [-0.4, -0.2) is 48.1 Å². The highest BCUT2D eigenvalue weighted by atomic mass is 19.1. The molecule has 0 atom stereocenters. The van der Waals surface area contributed by atoms with Gasteiger partial charge >= 0.3 is 5.97 Å². The predicted molar refractivity (Wildman–Crippen MR) is 77.5 cm³/mol. The molecule has 1 saturated heterocycles. The summed E-state index contributed by atoms with van der Waals surface area (Å²) < 4.78 is 14.1. The van der Waals surface area contributed by atoms with Crippen LogP contribution in [0.4, 0.5) is 10.1 Å². The number of halogens is 1. The SMILES string of the molecule is CC(=O)N1CCN(c2c(F)cccc2/C=C/C(=O)O)CC1. The average Bonchev–Trinajstić information content (AvgIpc) is 2.45. The summed E-state index contributed by atoms with van der Waals surface area (Å²) in [5.74, 6) is -1.46. The van der Waals surface area contributed by atoms with Crippen LogP contribution in [0.5, 0.6) is 0 Å². The largest absolute Gasteiger partial charge is 0.478 e. The molecule has 6 heteroatoms. The van der Waals surface area contributed by atoms with Crippen LogP contribution in [0.25, 0.3) is 6.08 Å². The number of anilines is 1. The molecule has 1 amide bonds. The molecule has 1 aromatic carbocycles. The van der Waals surface area contributed by atoms with Crippen molar-refractivity contribution >= 4 is 23.6 Å². The molecule has 1 aromatic rings. The molecule has 0 spiro atoms. The quantitative estimate of drug-likeness (QED) is 0.860. The van der Waals surface area contributed by atoms with Crippen molar-refractivity contribution in [3.8, 4) is 0 Å². The van der Waals surface area contributed by atoms with Gasteiger partial charge in [-0.1, -0.05) is 12.1 Å². The molecule has 0 radical (unpaired) electrons. The third kappa shape index (κ3) is 3.59. The van der Waals surface area contributed by atoms with Crippen molar-refractivity contribution in [3.05, 3.63) is 35.7 Å². The van der Waals surface area contributed by atoms with Gasteiger partial charge in [-0.05, 0) is 12.1 Å². The Labute approximate surface area is 122 Å². The first kappa shape index (κ1) is 15.0. The van der Waals surface area contributed by atoms with Gasteiger partial charge in [-0.3, -0.25) is 4.79 Å². The monoisotopic (exact) mass is 292 g/mol. The Hall–Kier alpha value is -2.37. The first-order chi connectivity index (χ1) is 9.99. The molecule has 0 unspecified atom stereocenters. The normalized spacial score (nSPS) is 15.5. The molecule has 2 rings (SSSR count). The maximum atomic E-state index is 14.1. The van der Waals surface area contributed by atoms with Crippen molar-refractivity contribution in [2.24, 2.45) is 0 Å². The van der Waals surface area contributed by atoms with Crippen molar-refractivity contribution in [1.29, 1.82) is 0 Å². The molecule has 1 aliphatic rings. The highest BCUT2D eigenvalue weighted by Crippen LogP contribution is 2.26. The fraction of sp³-hybridized carbons (Fsp3) is 0.333. The Morgan fingerprint density at radius 1 is 1.24 bits per heavy atom. The van der Waals surface area contributed by atoms with Gasteiger partial charge in [0.15, 0.2) is 0 Å². The summed E-state index contributed by atoms with van der Waals surface area (Å²) in [5.41, 5.74) is 0.909. The lowest BCUT2D eigenvalue weighted by Crippen LogP contribution is -2.48. The second-order valence-corrected chi connectivity index (χ2v) is 4.84. The molecular formula is C15H17FN2O3. The van der Waals surface area contributed by atoms with Crippen LogP contribution < -0.4 is 4.90 Å². The zero-order chi connectivity index (χ0) is 15.4. The number of hydrogen-bond acceptors (Lipinski definition) is 3. The standard InChI is InChI=1S/C15H17FN2O3/c1-11(19)17-7-9-18(10-8-17)15-12(5-6-14(20)21)3-2-4-13(15)16/h2-6H,7-10H2,1H3,(H,20,21)/b6-5+. The summed E-state index contributed by atoms with van der Waals surface area (Å²) in [6.45, 7) is 3.63. The van der Waals surface area contributed by atoms with Gasteiger partial charge < -0.3 is 14.9 Å². The Morgan fingerprint density at radius 2 is 1.90 bits per heavy atom. The van der Waals surface area contributed by atoms with E-state index in [2.05, 4.69) is 0 Å². The molecular weight excluding hydrogens is 275 g/mol. The number of amides is 1. The van der Waals surface area contributed by atoms with E-state index in [1.165, 1.54) is 19.1 Å². The van der Waals surface area contributed by atoms with Gasteiger partial charge in [0, 0.05) is 44.7 Å². The number of carboxylic acids is 1. The van der Waals surface area contributed by atoms with E-state index in [-0.39, 0.29) is 11.7 Å². The molecule has 0 saturated carbocycles. The Kier molecular flexibility index (Phi) is 4.57. The van der Waals surface area contributed by atoms with E-state index in [1.54, 1.807) is 17.0 Å². The summed E-state index contributed by atoms with van der Waals surface area (Å²) in [5, 5.41) is 8.70. The number of hydrogen-bond donors (Lipinski definition) is 1. The van der Waals surface area contributed by atoms with Crippen LogP contribution in [-0.2, 0) is 9.59 Å². The van der Waals surface area contributed by atoms with Gasteiger partial charge in [-0.15, -0.1) is 0 Å². The number of carbonyl (C=O) groups is 2. The molecule has 1 N–H and O–H groups in total. The van der Waals surface area contributed by atoms with E-state index in [9.17, 15) is 14.0 Å². The van der Waals surface area contributed by atoms with Gasteiger partial charge in [0.05, 0.1) is 5.69 Å². The molecule has 0 bridgehead atoms. The van der Waals surface area contributed by atoms with E-state index in [4.69, 9.17) is 5.11 Å². The van der Waals surface area contributed by atoms with E-state index >= 15 is 0 Å².